The Kier molecular flexibility index (Phi) is 3.05. The summed E-state index contributed by atoms with van der Waals surface area (Å²) in [5, 5.41) is 0. The molecule has 1 nitrogen and oxygen atoms in total. The molecular formula is C9H11FO. The van der Waals surface area contributed by atoms with Gasteiger partial charge in [-0.25, -0.2) is 4.39 Å². The number of hydrogen-bond donors (Lipinski definition) is 0. The standard InChI is InChI=1S/C9H11FO/c1-11-7-6-8-4-2-3-5-9(8)10/h2-5H,6-7H2,1H3. The van der Waals surface area contributed by atoms with Crippen LogP contribution < -0.4 is 0 Å². The molecule has 11 heavy (non-hydrogen) atoms. The van der Waals surface area contributed by atoms with Crippen LogP contribution in [-0.2, 0) is 11.2 Å². The summed E-state index contributed by atoms with van der Waals surface area (Å²) in [5.41, 5.74) is 0.717. The van der Waals surface area contributed by atoms with E-state index in [2.05, 4.69) is 0 Å². The molecule has 0 saturated heterocycles. The molecule has 0 aromatic heterocycles. The van der Waals surface area contributed by atoms with Crippen LogP contribution in [0.4, 0.5) is 4.39 Å². The van der Waals surface area contributed by atoms with Gasteiger partial charge in [-0.2, -0.15) is 0 Å². The predicted octanol–water partition coefficient (Wildman–Crippen LogP) is 2.01. The molecule has 0 heterocycles. The third-order valence-electron chi connectivity index (χ3n) is 1.53. The normalized spacial score (nSPS) is 10.0. The Morgan fingerprint density at radius 2 is 2.09 bits per heavy atom. The summed E-state index contributed by atoms with van der Waals surface area (Å²) in [6.07, 6.45) is 0.642. The fourth-order valence-electron chi connectivity index (χ4n) is 0.913. The molecule has 0 aliphatic heterocycles. The highest BCUT2D eigenvalue weighted by molar-refractivity contribution is 5.17. The predicted molar refractivity (Wildman–Crippen MR) is 42.0 cm³/mol. The van der Waals surface area contributed by atoms with Crippen LogP contribution in [0.2, 0.25) is 0 Å². The van der Waals surface area contributed by atoms with Crippen LogP contribution in [0.25, 0.3) is 0 Å². The zero-order valence-electron chi connectivity index (χ0n) is 6.51. The van der Waals surface area contributed by atoms with Gasteiger partial charge in [-0.15, -0.1) is 0 Å². The van der Waals surface area contributed by atoms with E-state index in [0.29, 0.717) is 18.6 Å². The van der Waals surface area contributed by atoms with Crippen LogP contribution >= 0.6 is 0 Å². The van der Waals surface area contributed by atoms with Crippen LogP contribution in [0.1, 0.15) is 5.56 Å². The summed E-state index contributed by atoms with van der Waals surface area (Å²) in [7, 11) is 1.61. The highest BCUT2D eigenvalue weighted by Gasteiger charge is 1.97. The van der Waals surface area contributed by atoms with Crippen molar-refractivity contribution in [3.05, 3.63) is 35.6 Å². The van der Waals surface area contributed by atoms with Crippen molar-refractivity contribution >= 4 is 0 Å². The van der Waals surface area contributed by atoms with Gasteiger partial charge in [-0.1, -0.05) is 18.2 Å². The Bertz CT molecular complexity index is 223. The second-order valence-electron chi connectivity index (χ2n) is 2.33. The van der Waals surface area contributed by atoms with Crippen molar-refractivity contribution < 1.29 is 9.13 Å². The van der Waals surface area contributed by atoms with Gasteiger partial charge in [-0.3, -0.25) is 0 Å². The fourth-order valence-corrected chi connectivity index (χ4v) is 0.913. The number of benzene rings is 1. The fraction of sp³-hybridized carbons (Fsp3) is 0.333. The molecule has 1 rings (SSSR count). The molecule has 60 valence electrons. The van der Waals surface area contributed by atoms with Crippen molar-refractivity contribution in [2.75, 3.05) is 13.7 Å². The van der Waals surface area contributed by atoms with Crippen LogP contribution in [0.5, 0.6) is 0 Å². The van der Waals surface area contributed by atoms with E-state index < -0.39 is 0 Å². The largest absolute Gasteiger partial charge is 0.384 e. The minimum absolute atomic E-state index is 0.149. The second kappa shape index (κ2) is 4.09. The van der Waals surface area contributed by atoms with Crippen LogP contribution in [-0.4, -0.2) is 13.7 Å². The van der Waals surface area contributed by atoms with Gasteiger partial charge >= 0.3 is 0 Å². The molecule has 0 radical (unpaired) electrons. The first kappa shape index (κ1) is 8.21. The number of halogens is 1. The van der Waals surface area contributed by atoms with Gasteiger partial charge in [0.25, 0.3) is 0 Å². The zero-order valence-corrected chi connectivity index (χ0v) is 6.51. The lowest BCUT2D eigenvalue weighted by atomic mass is 10.1. The minimum Gasteiger partial charge on any atom is -0.384 e. The molecule has 1 aromatic carbocycles. The van der Waals surface area contributed by atoms with E-state index in [1.807, 2.05) is 6.07 Å². The first-order valence-corrected chi connectivity index (χ1v) is 3.57. The number of hydrogen-bond acceptors (Lipinski definition) is 1. The van der Waals surface area contributed by atoms with Crippen molar-refractivity contribution in [1.29, 1.82) is 0 Å². The Morgan fingerprint density at radius 3 is 2.73 bits per heavy atom. The lowest BCUT2D eigenvalue weighted by Crippen LogP contribution is -1.96. The average Bonchev–Trinajstić information content (AvgIpc) is 2.03. The van der Waals surface area contributed by atoms with E-state index in [4.69, 9.17) is 4.74 Å². The van der Waals surface area contributed by atoms with Crippen LogP contribution in [0.15, 0.2) is 24.3 Å². The SMILES string of the molecule is COCCc1ccccc1F. The first-order valence-electron chi connectivity index (χ1n) is 3.57. The van der Waals surface area contributed by atoms with Gasteiger partial charge in [-0.05, 0) is 18.1 Å². The molecule has 0 bridgehead atoms. The van der Waals surface area contributed by atoms with Gasteiger partial charge in [0, 0.05) is 7.11 Å². The molecular weight excluding hydrogens is 143 g/mol. The van der Waals surface area contributed by atoms with E-state index in [-0.39, 0.29) is 5.82 Å². The van der Waals surface area contributed by atoms with E-state index in [1.54, 1.807) is 19.2 Å². The van der Waals surface area contributed by atoms with Gasteiger partial charge in [0.05, 0.1) is 6.61 Å². The quantitative estimate of drug-likeness (QED) is 0.647. The van der Waals surface area contributed by atoms with Gasteiger partial charge < -0.3 is 4.74 Å². The first-order chi connectivity index (χ1) is 5.34. The topological polar surface area (TPSA) is 9.23 Å². The van der Waals surface area contributed by atoms with E-state index in [1.165, 1.54) is 6.07 Å². The van der Waals surface area contributed by atoms with Crippen LogP contribution in [0, 0.1) is 5.82 Å². The summed E-state index contributed by atoms with van der Waals surface area (Å²) < 4.78 is 17.7. The summed E-state index contributed by atoms with van der Waals surface area (Å²) in [6, 6.07) is 6.75. The molecule has 0 aliphatic rings. The maximum absolute atomic E-state index is 12.9. The van der Waals surface area contributed by atoms with Crippen molar-refractivity contribution in [1.82, 2.24) is 0 Å². The highest BCUT2D eigenvalue weighted by Crippen LogP contribution is 2.06. The average molecular weight is 154 g/mol. The van der Waals surface area contributed by atoms with Crippen molar-refractivity contribution in [3.63, 3.8) is 0 Å². The maximum Gasteiger partial charge on any atom is 0.126 e. The number of rotatable bonds is 3. The molecule has 0 unspecified atom stereocenters. The third-order valence-corrected chi connectivity index (χ3v) is 1.53. The van der Waals surface area contributed by atoms with E-state index in [9.17, 15) is 4.39 Å². The van der Waals surface area contributed by atoms with E-state index in [0.717, 1.165) is 0 Å². The lowest BCUT2D eigenvalue weighted by molar-refractivity contribution is 0.201. The molecule has 0 atom stereocenters. The van der Waals surface area contributed by atoms with Crippen molar-refractivity contribution in [2.24, 2.45) is 0 Å². The highest BCUT2D eigenvalue weighted by atomic mass is 19.1. The minimum atomic E-state index is -0.149. The van der Waals surface area contributed by atoms with Crippen LogP contribution in [0.3, 0.4) is 0 Å². The maximum atomic E-state index is 12.9. The lowest BCUT2D eigenvalue weighted by Gasteiger charge is -2.00. The smallest absolute Gasteiger partial charge is 0.126 e. The number of ether oxygens (including phenoxy) is 1. The summed E-state index contributed by atoms with van der Waals surface area (Å²) in [5.74, 6) is -0.149. The second-order valence-corrected chi connectivity index (χ2v) is 2.33. The van der Waals surface area contributed by atoms with Gasteiger partial charge in [0.2, 0.25) is 0 Å². The molecule has 0 aliphatic carbocycles. The van der Waals surface area contributed by atoms with Gasteiger partial charge in [0.1, 0.15) is 5.82 Å². The zero-order chi connectivity index (χ0) is 8.10. The molecule has 0 saturated carbocycles. The Labute approximate surface area is 65.8 Å². The Morgan fingerprint density at radius 1 is 1.36 bits per heavy atom. The van der Waals surface area contributed by atoms with Crippen molar-refractivity contribution in [3.8, 4) is 0 Å². The molecule has 0 fully saturated rings. The van der Waals surface area contributed by atoms with Gasteiger partial charge in [0.15, 0.2) is 0 Å². The molecule has 2 heteroatoms. The third kappa shape index (κ3) is 2.31. The molecule has 1 aromatic rings. The van der Waals surface area contributed by atoms with Crippen molar-refractivity contribution in [2.45, 2.75) is 6.42 Å². The molecule has 0 amide bonds. The monoisotopic (exact) mass is 154 g/mol. The Hall–Kier alpha value is -0.890. The Balaban J connectivity index is 2.62. The summed E-state index contributed by atoms with van der Waals surface area (Å²) in [4.78, 5) is 0. The number of methoxy groups -OCH3 is 1. The molecule has 0 spiro atoms. The van der Waals surface area contributed by atoms with E-state index >= 15 is 0 Å². The summed E-state index contributed by atoms with van der Waals surface area (Å²) >= 11 is 0. The molecule has 0 N–H and O–H groups in total. The summed E-state index contributed by atoms with van der Waals surface area (Å²) in [6.45, 7) is 0.570.